The molecule has 0 heterocycles. The summed E-state index contributed by atoms with van der Waals surface area (Å²) in [6, 6.07) is 15.1. The second-order valence-corrected chi connectivity index (χ2v) is 5.30. The van der Waals surface area contributed by atoms with Crippen molar-refractivity contribution in [3.8, 4) is 0 Å². The molecule has 0 saturated carbocycles. The monoisotopic (exact) mass is 254 g/mol. The first-order valence-corrected chi connectivity index (χ1v) is 7.30. The van der Waals surface area contributed by atoms with E-state index in [9.17, 15) is 0 Å². The summed E-state index contributed by atoms with van der Waals surface area (Å²) >= 11 is 1.85. The Kier molecular flexibility index (Phi) is 4.66. The van der Waals surface area contributed by atoms with Crippen LogP contribution in [0.1, 0.15) is 18.9 Å². The number of fused-ring (bicyclic) bond motifs is 1. The number of benzene rings is 2. The van der Waals surface area contributed by atoms with Gasteiger partial charge in [0.1, 0.15) is 0 Å². The molecule has 0 radical (unpaired) electrons. The smallest absolute Gasteiger partial charge is 0.00543 e. The van der Waals surface area contributed by atoms with Crippen LogP contribution in [0.4, 0.5) is 0 Å². The standard InChI is InChI=1S/C17H18S/c1-3-7-17(13-18-4-2)16-11-10-14-8-5-6-9-15(14)12-16/h3,5-6,8-13H,1,4,7H2,2H3/b17-13-. The van der Waals surface area contributed by atoms with Crippen LogP contribution < -0.4 is 0 Å². The highest BCUT2D eigenvalue weighted by molar-refractivity contribution is 8.02. The predicted molar refractivity (Wildman–Crippen MR) is 84.9 cm³/mol. The average molecular weight is 254 g/mol. The van der Waals surface area contributed by atoms with Crippen LogP contribution in [-0.2, 0) is 0 Å². The number of thioether (sulfide) groups is 1. The fourth-order valence-electron chi connectivity index (χ4n) is 1.96. The summed E-state index contributed by atoms with van der Waals surface area (Å²) in [7, 11) is 0. The highest BCUT2D eigenvalue weighted by atomic mass is 32.2. The summed E-state index contributed by atoms with van der Waals surface area (Å²) in [4.78, 5) is 0. The number of rotatable bonds is 5. The van der Waals surface area contributed by atoms with E-state index in [-0.39, 0.29) is 0 Å². The maximum atomic E-state index is 3.85. The van der Waals surface area contributed by atoms with Crippen LogP contribution in [0.3, 0.4) is 0 Å². The second-order valence-electron chi connectivity index (χ2n) is 4.15. The third-order valence-corrected chi connectivity index (χ3v) is 3.66. The molecule has 0 bridgehead atoms. The van der Waals surface area contributed by atoms with Gasteiger partial charge in [-0.05, 0) is 45.6 Å². The molecule has 0 amide bonds. The molecule has 0 aliphatic carbocycles. The van der Waals surface area contributed by atoms with E-state index in [1.54, 1.807) is 0 Å². The van der Waals surface area contributed by atoms with Crippen molar-refractivity contribution in [3.63, 3.8) is 0 Å². The van der Waals surface area contributed by atoms with E-state index in [1.165, 1.54) is 21.9 Å². The Hall–Kier alpha value is -1.47. The molecule has 0 saturated heterocycles. The van der Waals surface area contributed by atoms with Gasteiger partial charge in [0, 0.05) is 0 Å². The number of hydrogen-bond acceptors (Lipinski definition) is 1. The minimum Gasteiger partial charge on any atom is -0.134 e. The van der Waals surface area contributed by atoms with Gasteiger partial charge < -0.3 is 0 Å². The van der Waals surface area contributed by atoms with Gasteiger partial charge in [0.2, 0.25) is 0 Å². The quantitative estimate of drug-likeness (QED) is 0.634. The Labute approximate surface area is 113 Å². The van der Waals surface area contributed by atoms with E-state index >= 15 is 0 Å². The summed E-state index contributed by atoms with van der Waals surface area (Å²) in [6.07, 6.45) is 2.89. The van der Waals surface area contributed by atoms with Crippen LogP contribution in [0.2, 0.25) is 0 Å². The minimum absolute atomic E-state index is 0.922. The number of allylic oxidation sites excluding steroid dienone is 2. The van der Waals surface area contributed by atoms with E-state index in [2.05, 4.69) is 61.4 Å². The zero-order valence-electron chi connectivity index (χ0n) is 10.7. The largest absolute Gasteiger partial charge is 0.134 e. The van der Waals surface area contributed by atoms with E-state index in [4.69, 9.17) is 0 Å². The predicted octanol–water partition coefficient (Wildman–Crippen LogP) is 5.51. The molecule has 0 spiro atoms. The molecule has 2 aromatic carbocycles. The molecular weight excluding hydrogens is 236 g/mol. The number of hydrogen-bond donors (Lipinski definition) is 0. The molecule has 2 rings (SSSR count). The van der Waals surface area contributed by atoms with E-state index in [0.717, 1.165) is 12.2 Å². The van der Waals surface area contributed by atoms with Gasteiger partial charge >= 0.3 is 0 Å². The first kappa shape index (κ1) is 13.0. The van der Waals surface area contributed by atoms with Crippen molar-refractivity contribution >= 4 is 28.1 Å². The molecule has 0 fully saturated rings. The molecule has 0 aliphatic rings. The lowest BCUT2D eigenvalue weighted by molar-refractivity contribution is 1.41. The first-order valence-electron chi connectivity index (χ1n) is 6.26. The molecular formula is C17H18S. The lowest BCUT2D eigenvalue weighted by Crippen LogP contribution is -1.84. The zero-order chi connectivity index (χ0) is 12.8. The fraction of sp³-hybridized carbons (Fsp3) is 0.176. The Morgan fingerprint density at radius 3 is 2.67 bits per heavy atom. The maximum Gasteiger partial charge on any atom is -0.00543 e. The van der Waals surface area contributed by atoms with Gasteiger partial charge in [0.05, 0.1) is 0 Å². The van der Waals surface area contributed by atoms with Gasteiger partial charge in [-0.3, -0.25) is 0 Å². The zero-order valence-corrected chi connectivity index (χ0v) is 11.5. The fourth-order valence-corrected chi connectivity index (χ4v) is 2.56. The molecule has 2 aromatic rings. The lowest BCUT2D eigenvalue weighted by atomic mass is 10.0. The molecule has 0 nitrogen and oxygen atoms in total. The van der Waals surface area contributed by atoms with Crippen LogP contribution in [-0.4, -0.2) is 5.75 Å². The molecule has 0 aromatic heterocycles. The lowest BCUT2D eigenvalue weighted by Gasteiger charge is -2.07. The highest BCUT2D eigenvalue weighted by Gasteiger charge is 2.01. The van der Waals surface area contributed by atoms with E-state index < -0.39 is 0 Å². The van der Waals surface area contributed by atoms with E-state index in [1.807, 2.05) is 17.8 Å². The first-order chi connectivity index (χ1) is 8.85. The summed E-state index contributed by atoms with van der Waals surface area (Å²) in [5.74, 6) is 1.11. The highest BCUT2D eigenvalue weighted by Crippen LogP contribution is 2.25. The molecule has 0 atom stereocenters. The van der Waals surface area contributed by atoms with Crippen molar-refractivity contribution < 1.29 is 0 Å². The van der Waals surface area contributed by atoms with Crippen molar-refractivity contribution in [1.29, 1.82) is 0 Å². The molecule has 0 unspecified atom stereocenters. The molecule has 92 valence electrons. The third kappa shape index (κ3) is 3.05. The Morgan fingerprint density at radius 2 is 1.94 bits per heavy atom. The summed E-state index contributed by atoms with van der Waals surface area (Å²) in [5, 5.41) is 4.85. The van der Waals surface area contributed by atoms with Crippen LogP contribution >= 0.6 is 11.8 Å². The van der Waals surface area contributed by atoms with Crippen molar-refractivity contribution in [2.45, 2.75) is 13.3 Å². The third-order valence-electron chi connectivity index (χ3n) is 2.88. The van der Waals surface area contributed by atoms with Crippen LogP contribution in [0.5, 0.6) is 0 Å². The normalized spacial score (nSPS) is 11.7. The molecule has 0 N–H and O–H groups in total. The van der Waals surface area contributed by atoms with Crippen molar-refractivity contribution in [3.05, 3.63) is 66.1 Å². The van der Waals surface area contributed by atoms with E-state index in [0.29, 0.717) is 0 Å². The minimum atomic E-state index is 0.922. The van der Waals surface area contributed by atoms with Gasteiger partial charge in [0.25, 0.3) is 0 Å². The Morgan fingerprint density at radius 1 is 1.17 bits per heavy atom. The van der Waals surface area contributed by atoms with Crippen molar-refractivity contribution in [1.82, 2.24) is 0 Å². The van der Waals surface area contributed by atoms with Crippen LogP contribution in [0.15, 0.2) is 60.5 Å². The van der Waals surface area contributed by atoms with Crippen LogP contribution in [0.25, 0.3) is 16.3 Å². The van der Waals surface area contributed by atoms with Crippen molar-refractivity contribution in [2.75, 3.05) is 5.75 Å². The summed E-state index contributed by atoms with van der Waals surface area (Å²) < 4.78 is 0. The second kappa shape index (κ2) is 6.46. The van der Waals surface area contributed by atoms with Gasteiger partial charge in [0.15, 0.2) is 0 Å². The average Bonchev–Trinajstić information content (AvgIpc) is 2.43. The maximum absolute atomic E-state index is 3.85. The van der Waals surface area contributed by atoms with Crippen molar-refractivity contribution in [2.24, 2.45) is 0 Å². The van der Waals surface area contributed by atoms with Gasteiger partial charge in [-0.1, -0.05) is 49.4 Å². The van der Waals surface area contributed by atoms with Gasteiger partial charge in [-0.15, -0.1) is 18.3 Å². The molecule has 18 heavy (non-hydrogen) atoms. The summed E-state index contributed by atoms with van der Waals surface area (Å²) in [5.41, 5.74) is 2.65. The Bertz CT molecular complexity index is 567. The Balaban J connectivity index is 2.40. The summed E-state index contributed by atoms with van der Waals surface area (Å²) in [6.45, 7) is 6.02. The van der Waals surface area contributed by atoms with Gasteiger partial charge in [-0.2, -0.15) is 0 Å². The topological polar surface area (TPSA) is 0 Å². The van der Waals surface area contributed by atoms with Crippen LogP contribution in [0, 0.1) is 0 Å². The van der Waals surface area contributed by atoms with Gasteiger partial charge in [-0.25, -0.2) is 0 Å². The molecule has 0 aliphatic heterocycles. The molecule has 1 heteroatoms. The SMILES string of the molecule is C=CC/C(=C/SCC)c1ccc2ccccc2c1.